The molecule has 2 N–H and O–H groups in total. The molecule has 0 unspecified atom stereocenters. The number of rotatable bonds is 7. The van der Waals surface area contributed by atoms with Gasteiger partial charge in [0, 0.05) is 36.1 Å². The summed E-state index contributed by atoms with van der Waals surface area (Å²) in [5, 5.41) is 16.8. The van der Waals surface area contributed by atoms with Crippen LogP contribution in [0.15, 0.2) is 53.4 Å². The Morgan fingerprint density at radius 1 is 1.00 bits per heavy atom. The zero-order chi connectivity index (χ0) is 22.8. The Hall–Kier alpha value is -2.98. The quantitative estimate of drug-likeness (QED) is 0.550. The van der Waals surface area contributed by atoms with Crippen molar-refractivity contribution in [2.45, 2.75) is 49.1 Å². The first kappa shape index (κ1) is 21.8. The lowest BCUT2D eigenvalue weighted by molar-refractivity contribution is 0.327. The van der Waals surface area contributed by atoms with Gasteiger partial charge in [0.25, 0.3) is 0 Å². The summed E-state index contributed by atoms with van der Waals surface area (Å²) in [6.07, 6.45) is 5.88. The van der Waals surface area contributed by atoms with Crippen molar-refractivity contribution in [1.82, 2.24) is 24.9 Å². The summed E-state index contributed by atoms with van der Waals surface area (Å²) in [6.45, 7) is 1.61. The highest BCUT2D eigenvalue weighted by Gasteiger charge is 2.31. The summed E-state index contributed by atoms with van der Waals surface area (Å²) < 4.78 is 27.2. The second-order valence-corrected chi connectivity index (χ2v) is 10.6. The van der Waals surface area contributed by atoms with Gasteiger partial charge in [-0.3, -0.25) is 0 Å². The van der Waals surface area contributed by atoms with Crippen molar-refractivity contribution in [1.29, 1.82) is 0 Å². The molecule has 1 saturated carbocycles. The van der Waals surface area contributed by atoms with Crippen LogP contribution in [-0.4, -0.2) is 54.8 Å². The number of anilines is 2. The third-order valence-electron chi connectivity index (χ3n) is 6.51. The highest BCUT2D eigenvalue weighted by molar-refractivity contribution is 7.89. The van der Waals surface area contributed by atoms with E-state index in [-0.39, 0.29) is 10.9 Å². The minimum atomic E-state index is -3.59. The van der Waals surface area contributed by atoms with Gasteiger partial charge in [0.2, 0.25) is 15.8 Å². The number of benzene rings is 2. The number of tetrazole rings is 1. The van der Waals surface area contributed by atoms with Gasteiger partial charge in [-0.15, -0.1) is 10.2 Å². The van der Waals surface area contributed by atoms with E-state index in [4.69, 9.17) is 0 Å². The van der Waals surface area contributed by atoms with E-state index in [1.807, 2.05) is 24.3 Å². The number of sulfonamides is 1. The molecule has 2 fully saturated rings. The highest BCUT2D eigenvalue weighted by Crippen LogP contribution is 2.32. The molecule has 33 heavy (non-hydrogen) atoms. The van der Waals surface area contributed by atoms with Gasteiger partial charge in [0.15, 0.2) is 0 Å². The molecule has 0 spiro atoms. The Kier molecular flexibility index (Phi) is 6.03. The van der Waals surface area contributed by atoms with E-state index >= 15 is 0 Å². The van der Waals surface area contributed by atoms with Crippen molar-refractivity contribution in [2.24, 2.45) is 0 Å². The lowest BCUT2D eigenvalue weighted by Crippen LogP contribution is -2.48. The fraction of sp³-hybridized carbons (Fsp3) is 0.435. The molecule has 1 aromatic heterocycles. The van der Waals surface area contributed by atoms with Crippen LogP contribution in [0.5, 0.6) is 0 Å². The molecule has 3 aromatic rings. The zero-order valence-electron chi connectivity index (χ0n) is 18.7. The molecule has 10 heteroatoms. The van der Waals surface area contributed by atoms with Crippen molar-refractivity contribution in [2.75, 3.05) is 30.4 Å². The molecule has 2 heterocycles. The summed E-state index contributed by atoms with van der Waals surface area (Å²) in [4.78, 5) is 4.10. The molecule has 174 valence electrons. The lowest BCUT2D eigenvalue weighted by Gasteiger charge is -2.39. The van der Waals surface area contributed by atoms with Crippen LogP contribution in [0.25, 0.3) is 11.4 Å². The highest BCUT2D eigenvalue weighted by atomic mass is 32.2. The molecule has 0 amide bonds. The maximum atomic E-state index is 12.4. The zero-order valence-corrected chi connectivity index (χ0v) is 19.5. The normalized spacial score (nSPS) is 17.7. The SMILES string of the molecule is CNS(=O)(=O)c1ccc(NC2CCCCC2)c(-c2nnn(C3CN(c4ccccc4)C3)n2)c1. The van der Waals surface area contributed by atoms with Crippen LogP contribution in [-0.2, 0) is 10.0 Å². The van der Waals surface area contributed by atoms with Crippen LogP contribution >= 0.6 is 0 Å². The summed E-state index contributed by atoms with van der Waals surface area (Å²) in [5.74, 6) is 0.430. The third-order valence-corrected chi connectivity index (χ3v) is 7.93. The maximum absolute atomic E-state index is 12.4. The minimum absolute atomic E-state index is 0.130. The van der Waals surface area contributed by atoms with Gasteiger partial charge in [-0.05, 0) is 55.4 Å². The first-order valence-corrected chi connectivity index (χ1v) is 13.0. The Bertz CT molecular complexity index is 1200. The van der Waals surface area contributed by atoms with Gasteiger partial charge in [0.1, 0.15) is 6.04 Å². The number of hydrogen-bond acceptors (Lipinski definition) is 7. The second-order valence-electron chi connectivity index (χ2n) is 8.72. The van der Waals surface area contributed by atoms with Crippen LogP contribution in [0.2, 0.25) is 0 Å². The molecule has 2 aliphatic rings. The van der Waals surface area contributed by atoms with E-state index in [0.717, 1.165) is 31.6 Å². The Balaban J connectivity index is 1.40. The van der Waals surface area contributed by atoms with E-state index in [0.29, 0.717) is 17.4 Å². The number of aromatic nitrogens is 4. The van der Waals surface area contributed by atoms with E-state index in [2.05, 4.69) is 42.5 Å². The summed E-state index contributed by atoms with van der Waals surface area (Å²) in [5.41, 5.74) is 2.68. The minimum Gasteiger partial charge on any atom is -0.382 e. The van der Waals surface area contributed by atoms with Gasteiger partial charge < -0.3 is 10.2 Å². The van der Waals surface area contributed by atoms with Crippen molar-refractivity contribution < 1.29 is 8.42 Å². The number of nitrogens with zero attached hydrogens (tertiary/aromatic N) is 5. The second kappa shape index (κ2) is 9.11. The lowest BCUT2D eigenvalue weighted by atomic mass is 9.95. The topological polar surface area (TPSA) is 105 Å². The van der Waals surface area contributed by atoms with Crippen LogP contribution in [0.3, 0.4) is 0 Å². The fourth-order valence-electron chi connectivity index (χ4n) is 4.52. The summed E-state index contributed by atoms with van der Waals surface area (Å²) in [6, 6.07) is 15.8. The summed E-state index contributed by atoms with van der Waals surface area (Å²) >= 11 is 0. The fourth-order valence-corrected chi connectivity index (χ4v) is 5.28. The van der Waals surface area contributed by atoms with Gasteiger partial charge in [-0.1, -0.05) is 37.5 Å². The van der Waals surface area contributed by atoms with Crippen molar-refractivity contribution in [3.8, 4) is 11.4 Å². The molecule has 0 radical (unpaired) electrons. The van der Waals surface area contributed by atoms with E-state index in [1.54, 1.807) is 16.9 Å². The average molecular weight is 468 g/mol. The predicted molar refractivity (Wildman–Crippen MR) is 128 cm³/mol. The standard InChI is InChI=1S/C23H29N7O2S/c1-24-33(31,32)20-12-13-22(25-17-8-4-2-5-9-17)21(14-20)23-26-28-30(27-23)19-15-29(16-19)18-10-6-3-7-11-18/h3,6-7,10-14,17,19,24-25H,2,4-5,8-9,15-16H2,1H3. The van der Waals surface area contributed by atoms with Crippen molar-refractivity contribution in [3.05, 3.63) is 48.5 Å². The van der Waals surface area contributed by atoms with E-state index in [1.165, 1.54) is 32.0 Å². The molecular weight excluding hydrogens is 438 g/mol. The van der Waals surface area contributed by atoms with Crippen LogP contribution in [0.1, 0.15) is 38.1 Å². The Labute approximate surface area is 194 Å². The van der Waals surface area contributed by atoms with Crippen molar-refractivity contribution >= 4 is 21.4 Å². The average Bonchev–Trinajstić information content (AvgIpc) is 3.29. The van der Waals surface area contributed by atoms with E-state index < -0.39 is 10.0 Å². The van der Waals surface area contributed by atoms with Gasteiger partial charge in [0.05, 0.1) is 4.90 Å². The van der Waals surface area contributed by atoms with Gasteiger partial charge in [-0.2, -0.15) is 4.80 Å². The molecular formula is C23H29N7O2S. The molecule has 1 saturated heterocycles. The molecule has 2 aromatic carbocycles. The van der Waals surface area contributed by atoms with Gasteiger partial charge in [-0.25, -0.2) is 13.1 Å². The maximum Gasteiger partial charge on any atom is 0.240 e. The molecule has 9 nitrogen and oxygen atoms in total. The monoisotopic (exact) mass is 467 g/mol. The molecule has 0 bridgehead atoms. The number of para-hydroxylation sites is 1. The van der Waals surface area contributed by atoms with Crippen molar-refractivity contribution in [3.63, 3.8) is 0 Å². The van der Waals surface area contributed by atoms with Gasteiger partial charge >= 0.3 is 0 Å². The van der Waals surface area contributed by atoms with Crippen LogP contribution in [0.4, 0.5) is 11.4 Å². The van der Waals surface area contributed by atoms with Crippen LogP contribution < -0.4 is 14.9 Å². The Morgan fingerprint density at radius 3 is 2.48 bits per heavy atom. The molecule has 1 aliphatic carbocycles. The summed E-state index contributed by atoms with van der Waals surface area (Å²) in [7, 11) is -2.18. The molecule has 1 aliphatic heterocycles. The predicted octanol–water partition coefficient (Wildman–Crippen LogP) is 3.05. The molecule has 0 atom stereocenters. The molecule has 5 rings (SSSR count). The number of hydrogen-bond donors (Lipinski definition) is 2. The largest absolute Gasteiger partial charge is 0.382 e. The van der Waals surface area contributed by atoms with E-state index in [9.17, 15) is 8.42 Å². The Morgan fingerprint density at radius 2 is 1.76 bits per heavy atom. The van der Waals surface area contributed by atoms with Crippen LogP contribution in [0, 0.1) is 0 Å². The third kappa shape index (κ3) is 4.58. The first-order chi connectivity index (χ1) is 16.0. The smallest absolute Gasteiger partial charge is 0.240 e. The first-order valence-electron chi connectivity index (χ1n) is 11.5. The number of nitrogens with one attached hydrogen (secondary N) is 2.